The number of amides is 1. The molecule has 34 heavy (non-hydrogen) atoms. The first kappa shape index (κ1) is 22.6. The molecule has 0 fully saturated rings. The summed E-state index contributed by atoms with van der Waals surface area (Å²) in [5.74, 6) is -0.794. The van der Waals surface area contributed by atoms with Crippen LogP contribution in [0.3, 0.4) is 0 Å². The van der Waals surface area contributed by atoms with Crippen LogP contribution < -0.4 is 5.32 Å². The van der Waals surface area contributed by atoms with Gasteiger partial charge in [0.15, 0.2) is 0 Å². The molecule has 2 aromatic carbocycles. The molecule has 1 unspecified atom stereocenters. The zero-order valence-corrected chi connectivity index (χ0v) is 18.0. The predicted molar refractivity (Wildman–Crippen MR) is 125 cm³/mol. The van der Waals surface area contributed by atoms with E-state index < -0.39 is 15.8 Å². The monoisotopic (exact) mass is 459 g/mol. The van der Waals surface area contributed by atoms with Gasteiger partial charge in [0.05, 0.1) is 9.85 Å². The average molecular weight is 459 g/mol. The van der Waals surface area contributed by atoms with Gasteiger partial charge in [-0.2, -0.15) is 0 Å². The average Bonchev–Trinajstić information content (AvgIpc) is 3.26. The fourth-order valence-electron chi connectivity index (χ4n) is 3.93. The quantitative estimate of drug-likeness (QED) is 0.283. The van der Waals surface area contributed by atoms with Crippen molar-refractivity contribution in [1.82, 2.24) is 15.3 Å². The molecule has 4 rings (SSSR count). The van der Waals surface area contributed by atoms with Crippen molar-refractivity contribution < 1.29 is 14.6 Å². The molecule has 0 radical (unpaired) electrons. The Morgan fingerprint density at radius 3 is 2.53 bits per heavy atom. The summed E-state index contributed by atoms with van der Waals surface area (Å²) in [7, 11) is 0. The lowest BCUT2D eigenvalue weighted by Gasteiger charge is -2.17. The van der Waals surface area contributed by atoms with Crippen LogP contribution in [-0.2, 0) is 11.2 Å². The van der Waals surface area contributed by atoms with E-state index in [0.717, 1.165) is 5.69 Å². The Morgan fingerprint density at radius 1 is 1.00 bits per heavy atom. The van der Waals surface area contributed by atoms with Gasteiger partial charge in [-0.05, 0) is 29.3 Å². The third-order valence-electron chi connectivity index (χ3n) is 5.59. The zero-order valence-electron chi connectivity index (χ0n) is 18.0. The highest BCUT2D eigenvalue weighted by Gasteiger charge is 2.24. The van der Waals surface area contributed by atoms with Crippen molar-refractivity contribution in [3.63, 3.8) is 0 Å². The minimum absolute atomic E-state index is 0.0129. The summed E-state index contributed by atoms with van der Waals surface area (Å²) >= 11 is 0. The van der Waals surface area contributed by atoms with Crippen LogP contribution in [0.25, 0.3) is 10.9 Å². The summed E-state index contributed by atoms with van der Waals surface area (Å²) in [6.07, 6.45) is 3.96. The number of carbonyl (C=O) groups is 1. The van der Waals surface area contributed by atoms with E-state index in [9.17, 15) is 25.0 Å². The molecule has 10 nitrogen and oxygen atoms in total. The number of pyridine rings is 1. The molecule has 1 atom stereocenters. The first-order chi connectivity index (χ1) is 16.4. The molecule has 172 valence electrons. The summed E-state index contributed by atoms with van der Waals surface area (Å²) < 4.78 is 0. The molecule has 2 N–H and O–H groups in total. The van der Waals surface area contributed by atoms with Gasteiger partial charge in [0.25, 0.3) is 11.4 Å². The highest BCUT2D eigenvalue weighted by atomic mass is 16.6. The highest BCUT2D eigenvalue weighted by molar-refractivity contribution is 5.87. The number of benzene rings is 2. The Morgan fingerprint density at radius 2 is 1.79 bits per heavy atom. The van der Waals surface area contributed by atoms with E-state index in [1.165, 1.54) is 24.3 Å². The second-order valence-corrected chi connectivity index (χ2v) is 7.76. The molecule has 0 aliphatic carbocycles. The van der Waals surface area contributed by atoms with Gasteiger partial charge < -0.3 is 10.3 Å². The summed E-state index contributed by atoms with van der Waals surface area (Å²) in [6, 6.07) is 16.1. The van der Waals surface area contributed by atoms with Crippen molar-refractivity contribution in [3.05, 3.63) is 110 Å². The molecule has 0 aliphatic rings. The van der Waals surface area contributed by atoms with Crippen LogP contribution >= 0.6 is 0 Å². The van der Waals surface area contributed by atoms with E-state index in [0.29, 0.717) is 35.0 Å². The normalized spacial score (nSPS) is 11.8. The number of hydrogen-bond acceptors (Lipinski definition) is 6. The highest BCUT2D eigenvalue weighted by Crippen LogP contribution is 2.36. The van der Waals surface area contributed by atoms with Crippen molar-refractivity contribution in [3.8, 4) is 0 Å². The lowest BCUT2D eigenvalue weighted by atomic mass is 9.87. The Kier molecular flexibility index (Phi) is 6.58. The van der Waals surface area contributed by atoms with Crippen molar-refractivity contribution in [2.45, 2.75) is 18.8 Å². The summed E-state index contributed by atoms with van der Waals surface area (Å²) in [6.45, 7) is 0.386. The number of nitrogens with zero attached hydrogens (tertiary/aromatic N) is 3. The van der Waals surface area contributed by atoms with Crippen LogP contribution in [0.4, 0.5) is 11.4 Å². The fraction of sp³-hybridized carbons (Fsp3) is 0.167. The number of hydrogen-bond donors (Lipinski definition) is 2. The number of fused-ring (bicyclic) bond motifs is 1. The number of rotatable bonds is 9. The van der Waals surface area contributed by atoms with Crippen LogP contribution in [0.5, 0.6) is 0 Å². The first-order valence-corrected chi connectivity index (χ1v) is 10.6. The Labute approximate surface area is 193 Å². The summed E-state index contributed by atoms with van der Waals surface area (Å²) in [5, 5.41) is 26.1. The molecule has 0 saturated carbocycles. The molecule has 0 aliphatic heterocycles. The fourth-order valence-corrected chi connectivity index (χ4v) is 3.93. The van der Waals surface area contributed by atoms with Gasteiger partial charge in [-0.25, -0.2) is 0 Å². The van der Waals surface area contributed by atoms with Gasteiger partial charge >= 0.3 is 0 Å². The van der Waals surface area contributed by atoms with Gasteiger partial charge in [-0.3, -0.25) is 30.0 Å². The van der Waals surface area contributed by atoms with E-state index in [1.807, 2.05) is 18.2 Å². The van der Waals surface area contributed by atoms with Gasteiger partial charge in [0.1, 0.15) is 0 Å². The number of nitro benzene ring substituents is 2. The van der Waals surface area contributed by atoms with Crippen LogP contribution in [-0.4, -0.2) is 32.3 Å². The third kappa shape index (κ3) is 5.07. The molecule has 4 aromatic rings. The van der Waals surface area contributed by atoms with Crippen LogP contribution in [0.15, 0.2) is 73.1 Å². The van der Waals surface area contributed by atoms with E-state index >= 15 is 0 Å². The Bertz CT molecular complexity index is 1350. The molecular weight excluding hydrogens is 438 g/mol. The molecule has 10 heteroatoms. The van der Waals surface area contributed by atoms with Crippen molar-refractivity contribution in [2.24, 2.45) is 0 Å². The molecule has 0 spiro atoms. The van der Waals surface area contributed by atoms with Crippen LogP contribution in [0, 0.1) is 20.2 Å². The second-order valence-electron chi connectivity index (χ2n) is 7.76. The van der Waals surface area contributed by atoms with E-state index in [4.69, 9.17) is 0 Å². The molecule has 0 bridgehead atoms. The number of nitro groups is 2. The Balaban J connectivity index is 1.64. The van der Waals surface area contributed by atoms with Gasteiger partial charge in [-0.1, -0.05) is 18.2 Å². The standard InChI is InChI=1S/C24H21N5O5/c30-24(26-11-9-17-5-1-2-10-25-17)14-20(16-4-3-6-18(12-16)28(31)32)22-15-27-23-8-7-19(29(33)34)13-21(22)23/h1-8,10,12-13,15,20,27H,9,11,14H2,(H,26,30). The van der Waals surface area contributed by atoms with E-state index in [-0.39, 0.29) is 23.7 Å². The maximum absolute atomic E-state index is 12.9. The predicted octanol–water partition coefficient (Wildman–Crippen LogP) is 4.26. The number of H-pyrrole nitrogens is 1. The SMILES string of the molecule is O=C(CC(c1cccc([N+](=O)[O-])c1)c1c[nH]c2ccc([N+](=O)[O-])cc12)NCCc1ccccn1. The van der Waals surface area contributed by atoms with Crippen LogP contribution in [0.1, 0.15) is 29.2 Å². The van der Waals surface area contributed by atoms with E-state index in [1.54, 1.807) is 30.6 Å². The number of carbonyl (C=O) groups excluding carboxylic acids is 1. The largest absolute Gasteiger partial charge is 0.361 e. The Hall–Kier alpha value is -4.60. The third-order valence-corrected chi connectivity index (χ3v) is 5.59. The first-order valence-electron chi connectivity index (χ1n) is 10.6. The smallest absolute Gasteiger partial charge is 0.270 e. The van der Waals surface area contributed by atoms with Crippen molar-refractivity contribution in [1.29, 1.82) is 0 Å². The molecule has 0 saturated heterocycles. The lowest BCUT2D eigenvalue weighted by molar-refractivity contribution is -0.385. The molecule has 2 heterocycles. The van der Waals surface area contributed by atoms with Crippen LogP contribution in [0.2, 0.25) is 0 Å². The number of non-ortho nitro benzene ring substituents is 2. The van der Waals surface area contributed by atoms with Gasteiger partial charge in [0.2, 0.25) is 5.91 Å². The van der Waals surface area contributed by atoms with Crippen molar-refractivity contribution in [2.75, 3.05) is 6.54 Å². The van der Waals surface area contributed by atoms with Crippen molar-refractivity contribution >= 4 is 28.2 Å². The lowest BCUT2D eigenvalue weighted by Crippen LogP contribution is -2.27. The minimum Gasteiger partial charge on any atom is -0.361 e. The van der Waals surface area contributed by atoms with Gasteiger partial charge in [-0.15, -0.1) is 0 Å². The molecular formula is C24H21N5O5. The molecule has 1 amide bonds. The second kappa shape index (κ2) is 9.90. The molecule has 2 aromatic heterocycles. The minimum atomic E-state index is -0.550. The number of nitrogens with one attached hydrogen (secondary N) is 2. The maximum atomic E-state index is 12.9. The van der Waals surface area contributed by atoms with E-state index in [2.05, 4.69) is 15.3 Å². The number of aromatic nitrogens is 2. The number of aromatic amines is 1. The summed E-state index contributed by atoms with van der Waals surface area (Å²) in [5.41, 5.74) is 2.57. The zero-order chi connectivity index (χ0) is 24.1. The van der Waals surface area contributed by atoms with Gasteiger partial charge in [0, 0.05) is 78.6 Å². The maximum Gasteiger partial charge on any atom is 0.270 e. The topological polar surface area (TPSA) is 144 Å². The summed E-state index contributed by atoms with van der Waals surface area (Å²) in [4.78, 5) is 41.8.